The average molecular weight is 379 g/mol. The fourth-order valence-corrected chi connectivity index (χ4v) is 2.36. The summed E-state index contributed by atoms with van der Waals surface area (Å²) in [6, 6.07) is 16.1. The van der Waals surface area contributed by atoms with E-state index in [9.17, 15) is 4.79 Å². The standard InChI is InChI=1S/C20H21N5O3/c1-13(2)28-16-10-8-14(9-11-16)18(26)27-12-17-23-19(21)25-20(24-17)22-15-6-4-3-5-7-15/h3-11,13H,12H2,1-2H3,(H3,21,22,23,24,25). The lowest BCUT2D eigenvalue weighted by atomic mass is 10.2. The summed E-state index contributed by atoms with van der Waals surface area (Å²) in [5, 5.41) is 3.03. The monoisotopic (exact) mass is 379 g/mol. The molecule has 1 aromatic heterocycles. The Hall–Kier alpha value is -3.68. The number of nitrogens with one attached hydrogen (secondary N) is 1. The highest BCUT2D eigenvalue weighted by molar-refractivity contribution is 5.89. The molecule has 3 rings (SSSR count). The van der Waals surface area contributed by atoms with Crippen molar-refractivity contribution >= 4 is 23.6 Å². The van der Waals surface area contributed by atoms with Crippen LogP contribution in [0, 0.1) is 0 Å². The number of para-hydroxylation sites is 1. The van der Waals surface area contributed by atoms with Gasteiger partial charge in [-0.3, -0.25) is 0 Å². The van der Waals surface area contributed by atoms with Crippen molar-refractivity contribution in [1.29, 1.82) is 0 Å². The maximum Gasteiger partial charge on any atom is 0.338 e. The van der Waals surface area contributed by atoms with Gasteiger partial charge in [-0.25, -0.2) is 4.79 Å². The molecule has 28 heavy (non-hydrogen) atoms. The van der Waals surface area contributed by atoms with Gasteiger partial charge < -0.3 is 20.5 Å². The van der Waals surface area contributed by atoms with Crippen molar-refractivity contribution in [3.8, 4) is 5.75 Å². The number of nitrogens with two attached hydrogens (primary N) is 1. The van der Waals surface area contributed by atoms with E-state index in [-0.39, 0.29) is 30.4 Å². The van der Waals surface area contributed by atoms with Gasteiger partial charge in [-0.1, -0.05) is 18.2 Å². The molecule has 0 saturated heterocycles. The van der Waals surface area contributed by atoms with Crippen LogP contribution >= 0.6 is 0 Å². The lowest BCUT2D eigenvalue weighted by molar-refractivity contribution is 0.0462. The van der Waals surface area contributed by atoms with Gasteiger partial charge in [0.25, 0.3) is 0 Å². The molecule has 0 aliphatic heterocycles. The Morgan fingerprint density at radius 2 is 1.75 bits per heavy atom. The largest absolute Gasteiger partial charge is 0.491 e. The number of ether oxygens (including phenoxy) is 2. The van der Waals surface area contributed by atoms with Crippen LogP contribution in [0.1, 0.15) is 30.0 Å². The quantitative estimate of drug-likeness (QED) is 0.601. The third-order valence-corrected chi connectivity index (χ3v) is 3.52. The molecule has 2 aromatic carbocycles. The number of benzene rings is 2. The van der Waals surface area contributed by atoms with Crippen molar-refractivity contribution < 1.29 is 14.3 Å². The third-order valence-electron chi connectivity index (χ3n) is 3.52. The average Bonchev–Trinajstić information content (AvgIpc) is 2.66. The number of nitrogens with zero attached hydrogens (tertiary/aromatic N) is 3. The maximum atomic E-state index is 12.2. The summed E-state index contributed by atoms with van der Waals surface area (Å²) in [7, 11) is 0. The second-order valence-corrected chi connectivity index (χ2v) is 6.19. The minimum atomic E-state index is -0.493. The van der Waals surface area contributed by atoms with E-state index in [0.29, 0.717) is 11.3 Å². The molecular weight excluding hydrogens is 358 g/mol. The van der Waals surface area contributed by atoms with Crippen LogP contribution in [-0.4, -0.2) is 27.0 Å². The van der Waals surface area contributed by atoms with Gasteiger partial charge in [-0.15, -0.1) is 0 Å². The Labute approximate surface area is 162 Å². The first-order chi connectivity index (χ1) is 13.5. The number of esters is 1. The zero-order valence-corrected chi connectivity index (χ0v) is 15.6. The molecule has 0 unspecified atom stereocenters. The van der Waals surface area contributed by atoms with Crippen LogP contribution in [0.3, 0.4) is 0 Å². The third kappa shape index (κ3) is 5.41. The number of hydrogen-bond donors (Lipinski definition) is 2. The lowest BCUT2D eigenvalue weighted by Gasteiger charge is -2.10. The topological polar surface area (TPSA) is 112 Å². The molecule has 3 aromatic rings. The molecular formula is C20H21N5O3. The molecule has 0 bridgehead atoms. The van der Waals surface area contributed by atoms with Gasteiger partial charge in [0.2, 0.25) is 11.9 Å². The Kier molecular flexibility index (Phi) is 6.01. The summed E-state index contributed by atoms with van der Waals surface area (Å²) in [6.45, 7) is 3.74. The van der Waals surface area contributed by atoms with E-state index in [1.807, 2.05) is 44.2 Å². The normalized spacial score (nSPS) is 10.5. The van der Waals surface area contributed by atoms with Crippen molar-refractivity contribution in [3.63, 3.8) is 0 Å². The Balaban J connectivity index is 1.63. The van der Waals surface area contributed by atoms with Gasteiger partial charge >= 0.3 is 5.97 Å². The number of nitrogen functional groups attached to an aromatic ring is 1. The predicted octanol–water partition coefficient (Wildman–Crippen LogP) is 3.34. The fraction of sp³-hybridized carbons (Fsp3) is 0.200. The molecule has 144 valence electrons. The van der Waals surface area contributed by atoms with E-state index in [4.69, 9.17) is 15.2 Å². The van der Waals surface area contributed by atoms with Gasteiger partial charge in [-0.2, -0.15) is 15.0 Å². The van der Waals surface area contributed by atoms with Crippen LogP contribution in [0.25, 0.3) is 0 Å². The van der Waals surface area contributed by atoms with Gasteiger partial charge in [-0.05, 0) is 50.2 Å². The van der Waals surface area contributed by atoms with E-state index in [1.54, 1.807) is 24.3 Å². The van der Waals surface area contributed by atoms with Crippen molar-refractivity contribution in [3.05, 3.63) is 66.0 Å². The van der Waals surface area contributed by atoms with Gasteiger partial charge in [0.15, 0.2) is 12.4 Å². The molecule has 1 heterocycles. The minimum Gasteiger partial charge on any atom is -0.491 e. The number of aromatic nitrogens is 3. The van der Waals surface area contributed by atoms with Crippen LogP contribution in [0.4, 0.5) is 17.6 Å². The number of carbonyl (C=O) groups excluding carboxylic acids is 1. The summed E-state index contributed by atoms with van der Waals surface area (Å²) in [4.78, 5) is 24.5. The van der Waals surface area contributed by atoms with E-state index < -0.39 is 5.97 Å². The van der Waals surface area contributed by atoms with Gasteiger partial charge in [0, 0.05) is 5.69 Å². The Morgan fingerprint density at radius 3 is 2.43 bits per heavy atom. The van der Waals surface area contributed by atoms with Gasteiger partial charge in [0.05, 0.1) is 11.7 Å². The summed E-state index contributed by atoms with van der Waals surface area (Å²) >= 11 is 0. The molecule has 0 fully saturated rings. The second-order valence-electron chi connectivity index (χ2n) is 6.19. The Bertz CT molecular complexity index is 930. The lowest BCUT2D eigenvalue weighted by Crippen LogP contribution is -2.11. The summed E-state index contributed by atoms with van der Waals surface area (Å²) in [5.74, 6) is 0.759. The summed E-state index contributed by atoms with van der Waals surface area (Å²) in [6.07, 6.45) is 0.0609. The molecule has 0 radical (unpaired) electrons. The van der Waals surface area contributed by atoms with E-state index in [2.05, 4.69) is 20.3 Å². The van der Waals surface area contributed by atoms with Crippen LogP contribution in [0.15, 0.2) is 54.6 Å². The van der Waals surface area contributed by atoms with Crippen LogP contribution < -0.4 is 15.8 Å². The van der Waals surface area contributed by atoms with Crippen LogP contribution in [0.2, 0.25) is 0 Å². The van der Waals surface area contributed by atoms with Crippen LogP contribution in [-0.2, 0) is 11.3 Å². The zero-order chi connectivity index (χ0) is 19.9. The molecule has 0 spiro atoms. The van der Waals surface area contributed by atoms with Gasteiger partial charge in [0.1, 0.15) is 5.75 Å². The molecule has 3 N–H and O–H groups in total. The molecule has 0 saturated carbocycles. The SMILES string of the molecule is CC(C)Oc1ccc(C(=O)OCc2nc(N)nc(Nc3ccccc3)n2)cc1. The summed E-state index contributed by atoms with van der Waals surface area (Å²) < 4.78 is 10.8. The van der Waals surface area contributed by atoms with Crippen molar-refractivity contribution in [1.82, 2.24) is 15.0 Å². The number of carbonyl (C=O) groups is 1. The molecule has 0 aliphatic carbocycles. The number of hydrogen-bond acceptors (Lipinski definition) is 8. The predicted molar refractivity (Wildman–Crippen MR) is 105 cm³/mol. The van der Waals surface area contributed by atoms with E-state index >= 15 is 0 Å². The first-order valence-electron chi connectivity index (χ1n) is 8.76. The maximum absolute atomic E-state index is 12.2. The van der Waals surface area contributed by atoms with Crippen molar-refractivity contribution in [2.45, 2.75) is 26.6 Å². The second kappa shape index (κ2) is 8.81. The fourth-order valence-electron chi connectivity index (χ4n) is 2.36. The number of anilines is 3. The highest BCUT2D eigenvalue weighted by Gasteiger charge is 2.11. The van der Waals surface area contributed by atoms with Crippen molar-refractivity contribution in [2.75, 3.05) is 11.1 Å². The highest BCUT2D eigenvalue weighted by Crippen LogP contribution is 2.16. The zero-order valence-electron chi connectivity index (χ0n) is 15.6. The van der Waals surface area contributed by atoms with E-state index in [1.165, 1.54) is 0 Å². The Morgan fingerprint density at radius 1 is 1.04 bits per heavy atom. The van der Waals surface area contributed by atoms with E-state index in [0.717, 1.165) is 5.69 Å². The summed E-state index contributed by atoms with van der Waals surface area (Å²) in [5.41, 5.74) is 6.94. The molecule has 0 amide bonds. The number of rotatable bonds is 7. The molecule has 8 heteroatoms. The molecule has 0 aliphatic rings. The highest BCUT2D eigenvalue weighted by atomic mass is 16.5. The first-order valence-corrected chi connectivity index (χ1v) is 8.76. The molecule has 8 nitrogen and oxygen atoms in total. The minimum absolute atomic E-state index is 0.0367. The van der Waals surface area contributed by atoms with Crippen LogP contribution in [0.5, 0.6) is 5.75 Å². The molecule has 0 atom stereocenters. The smallest absolute Gasteiger partial charge is 0.338 e. The first kappa shape index (κ1) is 19.1. The van der Waals surface area contributed by atoms with Crippen molar-refractivity contribution in [2.24, 2.45) is 0 Å².